The van der Waals surface area contributed by atoms with Gasteiger partial charge in [-0.3, -0.25) is 0 Å². The van der Waals surface area contributed by atoms with E-state index in [0.29, 0.717) is 5.41 Å². The SMILES string of the molecule is CC(C)(C)[C@H]1CCCCC[NH2+]1. The molecule has 1 heterocycles. The van der Waals surface area contributed by atoms with Gasteiger partial charge in [0.15, 0.2) is 0 Å². The Morgan fingerprint density at radius 2 is 1.82 bits per heavy atom. The topological polar surface area (TPSA) is 16.6 Å². The van der Waals surface area contributed by atoms with Crippen molar-refractivity contribution in [3.63, 3.8) is 0 Å². The molecule has 0 aliphatic carbocycles. The highest BCUT2D eigenvalue weighted by Gasteiger charge is 2.27. The molecule has 1 heteroatoms. The fourth-order valence-electron chi connectivity index (χ4n) is 1.91. The Kier molecular flexibility index (Phi) is 2.94. The molecule has 1 fully saturated rings. The molecule has 1 saturated heterocycles. The lowest BCUT2D eigenvalue weighted by Gasteiger charge is -2.26. The maximum absolute atomic E-state index is 2.55. The molecule has 1 nitrogen and oxygen atoms in total. The lowest BCUT2D eigenvalue weighted by molar-refractivity contribution is -0.699. The highest BCUT2D eigenvalue weighted by molar-refractivity contribution is 4.72. The van der Waals surface area contributed by atoms with Crippen LogP contribution in [0.4, 0.5) is 0 Å². The maximum atomic E-state index is 2.55. The van der Waals surface area contributed by atoms with Crippen molar-refractivity contribution in [3.8, 4) is 0 Å². The summed E-state index contributed by atoms with van der Waals surface area (Å²) in [4.78, 5) is 0. The van der Waals surface area contributed by atoms with Crippen LogP contribution in [-0.4, -0.2) is 12.6 Å². The fraction of sp³-hybridized carbons (Fsp3) is 1.00. The summed E-state index contributed by atoms with van der Waals surface area (Å²) >= 11 is 0. The van der Waals surface area contributed by atoms with Gasteiger partial charge in [0, 0.05) is 5.41 Å². The smallest absolute Gasteiger partial charge is 0.0907 e. The summed E-state index contributed by atoms with van der Waals surface area (Å²) in [6.45, 7) is 8.43. The molecule has 0 aromatic carbocycles. The monoisotopic (exact) mass is 156 g/mol. The van der Waals surface area contributed by atoms with Crippen molar-refractivity contribution >= 4 is 0 Å². The Morgan fingerprint density at radius 3 is 2.45 bits per heavy atom. The van der Waals surface area contributed by atoms with Crippen molar-refractivity contribution in [1.82, 2.24) is 0 Å². The van der Waals surface area contributed by atoms with Gasteiger partial charge in [0.25, 0.3) is 0 Å². The molecule has 0 spiro atoms. The van der Waals surface area contributed by atoms with E-state index >= 15 is 0 Å². The summed E-state index contributed by atoms with van der Waals surface area (Å²) in [7, 11) is 0. The van der Waals surface area contributed by atoms with Gasteiger partial charge < -0.3 is 5.32 Å². The molecule has 2 N–H and O–H groups in total. The van der Waals surface area contributed by atoms with Crippen molar-refractivity contribution in [2.24, 2.45) is 5.41 Å². The van der Waals surface area contributed by atoms with Gasteiger partial charge >= 0.3 is 0 Å². The highest BCUT2D eigenvalue weighted by Crippen LogP contribution is 2.21. The molecule has 1 rings (SSSR count). The molecule has 0 unspecified atom stereocenters. The number of nitrogens with two attached hydrogens (primary N) is 1. The normalized spacial score (nSPS) is 28.1. The molecule has 1 atom stereocenters. The van der Waals surface area contributed by atoms with Crippen LogP contribution in [0.3, 0.4) is 0 Å². The standard InChI is InChI=1S/C10H21N/c1-10(2,3)9-7-5-4-6-8-11-9/h9,11H,4-8H2,1-3H3/p+1/t9-/m1/s1. The molecule has 1 aliphatic rings. The molecule has 0 bridgehead atoms. The van der Waals surface area contributed by atoms with Gasteiger partial charge in [-0.15, -0.1) is 0 Å². The second kappa shape index (κ2) is 3.57. The molecule has 0 radical (unpaired) electrons. The first-order valence-electron chi connectivity index (χ1n) is 4.94. The van der Waals surface area contributed by atoms with Gasteiger partial charge in [0.1, 0.15) is 0 Å². The van der Waals surface area contributed by atoms with E-state index < -0.39 is 0 Å². The number of hydrogen-bond acceptors (Lipinski definition) is 0. The summed E-state index contributed by atoms with van der Waals surface area (Å²) in [5.41, 5.74) is 0.504. The van der Waals surface area contributed by atoms with Crippen LogP contribution in [0.2, 0.25) is 0 Å². The lowest BCUT2D eigenvalue weighted by Crippen LogP contribution is -2.92. The minimum absolute atomic E-state index is 0.504. The van der Waals surface area contributed by atoms with E-state index in [2.05, 4.69) is 26.1 Å². The zero-order valence-corrected chi connectivity index (χ0v) is 8.19. The first-order chi connectivity index (χ1) is 5.11. The van der Waals surface area contributed by atoms with Crippen molar-refractivity contribution in [2.45, 2.75) is 52.5 Å². The zero-order chi connectivity index (χ0) is 8.32. The summed E-state index contributed by atoms with van der Waals surface area (Å²) in [6, 6.07) is 0.866. The van der Waals surface area contributed by atoms with Gasteiger partial charge in [-0.1, -0.05) is 20.8 Å². The minimum Gasteiger partial charge on any atom is -0.343 e. The van der Waals surface area contributed by atoms with Gasteiger partial charge in [0.2, 0.25) is 0 Å². The second-order valence-electron chi connectivity index (χ2n) is 4.85. The van der Waals surface area contributed by atoms with Crippen LogP contribution >= 0.6 is 0 Å². The van der Waals surface area contributed by atoms with Crippen LogP contribution in [0.15, 0.2) is 0 Å². The highest BCUT2D eigenvalue weighted by atomic mass is 14.9. The summed E-state index contributed by atoms with van der Waals surface area (Å²) in [5.74, 6) is 0. The molecule has 11 heavy (non-hydrogen) atoms. The van der Waals surface area contributed by atoms with Crippen LogP contribution in [0.25, 0.3) is 0 Å². The fourth-order valence-corrected chi connectivity index (χ4v) is 1.91. The van der Waals surface area contributed by atoms with Crippen LogP contribution in [0.1, 0.15) is 46.5 Å². The van der Waals surface area contributed by atoms with Crippen LogP contribution in [0.5, 0.6) is 0 Å². The first-order valence-corrected chi connectivity index (χ1v) is 4.94. The van der Waals surface area contributed by atoms with Crippen molar-refractivity contribution in [3.05, 3.63) is 0 Å². The number of rotatable bonds is 0. The van der Waals surface area contributed by atoms with E-state index in [4.69, 9.17) is 0 Å². The van der Waals surface area contributed by atoms with Crippen molar-refractivity contribution < 1.29 is 5.32 Å². The molecule has 1 aliphatic heterocycles. The average Bonchev–Trinajstić information content (AvgIpc) is 2.10. The molecule has 0 aromatic rings. The van der Waals surface area contributed by atoms with Gasteiger partial charge in [-0.2, -0.15) is 0 Å². The van der Waals surface area contributed by atoms with Crippen LogP contribution in [-0.2, 0) is 0 Å². The Morgan fingerprint density at radius 1 is 1.09 bits per heavy atom. The zero-order valence-electron chi connectivity index (χ0n) is 8.19. The van der Waals surface area contributed by atoms with Gasteiger partial charge in [-0.05, 0) is 25.7 Å². The summed E-state index contributed by atoms with van der Waals surface area (Å²) < 4.78 is 0. The minimum atomic E-state index is 0.504. The van der Waals surface area contributed by atoms with E-state index in [1.165, 1.54) is 32.2 Å². The van der Waals surface area contributed by atoms with Crippen LogP contribution in [0, 0.1) is 5.41 Å². The molecule has 0 aromatic heterocycles. The van der Waals surface area contributed by atoms with E-state index in [1.54, 1.807) is 0 Å². The maximum Gasteiger partial charge on any atom is 0.0907 e. The van der Waals surface area contributed by atoms with E-state index in [1.807, 2.05) is 0 Å². The molecule has 0 amide bonds. The van der Waals surface area contributed by atoms with E-state index in [-0.39, 0.29) is 0 Å². The van der Waals surface area contributed by atoms with Gasteiger partial charge in [0.05, 0.1) is 12.6 Å². The quantitative estimate of drug-likeness (QED) is 0.548. The molecule has 66 valence electrons. The van der Waals surface area contributed by atoms with Crippen molar-refractivity contribution in [1.29, 1.82) is 0 Å². The summed E-state index contributed by atoms with van der Waals surface area (Å²) in [5, 5.41) is 2.55. The lowest BCUT2D eigenvalue weighted by atomic mass is 9.84. The van der Waals surface area contributed by atoms with Gasteiger partial charge in [-0.25, -0.2) is 0 Å². The molecular weight excluding hydrogens is 134 g/mol. The third-order valence-electron chi connectivity index (χ3n) is 2.78. The molecule has 0 saturated carbocycles. The third kappa shape index (κ3) is 2.82. The average molecular weight is 156 g/mol. The van der Waals surface area contributed by atoms with E-state index in [0.717, 1.165) is 6.04 Å². The second-order valence-corrected chi connectivity index (χ2v) is 4.85. The Bertz CT molecular complexity index is 105. The third-order valence-corrected chi connectivity index (χ3v) is 2.78. The summed E-state index contributed by atoms with van der Waals surface area (Å²) in [6.07, 6.45) is 5.73. The first kappa shape index (κ1) is 9.05. The predicted molar refractivity (Wildman–Crippen MR) is 48.5 cm³/mol. The van der Waals surface area contributed by atoms with E-state index in [9.17, 15) is 0 Å². The molecular formula is C10H22N+. The predicted octanol–water partition coefficient (Wildman–Crippen LogP) is 1.54. The number of quaternary nitrogens is 1. The Balaban J connectivity index is 2.43. The largest absolute Gasteiger partial charge is 0.343 e. The Labute approximate surface area is 70.6 Å². The van der Waals surface area contributed by atoms with Crippen LogP contribution < -0.4 is 5.32 Å². The van der Waals surface area contributed by atoms with Crippen molar-refractivity contribution in [2.75, 3.05) is 6.54 Å². The number of hydrogen-bond donors (Lipinski definition) is 1. The Hall–Kier alpha value is -0.0400.